The number of nitrogens with zero attached hydrogens (tertiary/aromatic N) is 2. The van der Waals surface area contributed by atoms with Crippen LogP contribution in [0.15, 0.2) is 12.3 Å². The Morgan fingerprint density at radius 3 is 2.94 bits per heavy atom. The predicted molar refractivity (Wildman–Crippen MR) is 71.2 cm³/mol. The topological polar surface area (TPSA) is 37.8 Å². The highest BCUT2D eigenvalue weighted by Gasteiger charge is 2.53. The molecule has 0 radical (unpaired) electrons. The molecule has 3 nitrogen and oxygen atoms in total. The molecule has 18 heavy (non-hydrogen) atoms. The SMILES string of the molecule is Cc1ccnc(N[C@@H]2C[C@H]3C[C@H]2[C@@H]2CCC[C@H]32)n1. The van der Waals surface area contributed by atoms with Crippen molar-refractivity contribution < 1.29 is 0 Å². The van der Waals surface area contributed by atoms with Gasteiger partial charge in [-0.2, -0.15) is 0 Å². The molecule has 0 unspecified atom stereocenters. The van der Waals surface area contributed by atoms with Gasteiger partial charge in [0.1, 0.15) is 0 Å². The van der Waals surface area contributed by atoms with Crippen molar-refractivity contribution in [2.24, 2.45) is 23.7 Å². The van der Waals surface area contributed by atoms with Gasteiger partial charge in [0.25, 0.3) is 0 Å². The number of hydrogen-bond acceptors (Lipinski definition) is 3. The van der Waals surface area contributed by atoms with Gasteiger partial charge in [0.2, 0.25) is 5.95 Å². The summed E-state index contributed by atoms with van der Waals surface area (Å²) in [5.74, 6) is 4.79. The van der Waals surface area contributed by atoms with Crippen molar-refractivity contribution in [3.8, 4) is 0 Å². The molecule has 2 bridgehead atoms. The van der Waals surface area contributed by atoms with E-state index in [4.69, 9.17) is 0 Å². The van der Waals surface area contributed by atoms with Crippen molar-refractivity contribution in [1.29, 1.82) is 0 Å². The van der Waals surface area contributed by atoms with Gasteiger partial charge in [0.05, 0.1) is 0 Å². The van der Waals surface area contributed by atoms with Gasteiger partial charge in [-0.05, 0) is 62.3 Å². The van der Waals surface area contributed by atoms with E-state index < -0.39 is 0 Å². The minimum atomic E-state index is 0.635. The molecule has 4 rings (SSSR count). The van der Waals surface area contributed by atoms with E-state index in [1.807, 2.05) is 19.2 Å². The molecular weight excluding hydrogens is 222 g/mol. The van der Waals surface area contributed by atoms with Crippen molar-refractivity contribution in [1.82, 2.24) is 9.97 Å². The Hall–Kier alpha value is -1.12. The lowest BCUT2D eigenvalue weighted by atomic mass is 9.79. The van der Waals surface area contributed by atoms with Crippen LogP contribution in [0.3, 0.4) is 0 Å². The van der Waals surface area contributed by atoms with Crippen molar-refractivity contribution in [3.63, 3.8) is 0 Å². The standard InChI is InChI=1S/C15H21N3/c1-9-5-6-16-15(17-9)18-14-8-10-7-13(14)12-4-2-3-11(10)12/h5-6,10-14H,2-4,7-8H2,1H3,(H,16,17,18)/t10-,11-,12-,13+,14-/m1/s1. The summed E-state index contributed by atoms with van der Waals surface area (Å²) in [5, 5.41) is 3.60. The highest BCUT2D eigenvalue weighted by Crippen LogP contribution is 2.59. The van der Waals surface area contributed by atoms with Crippen LogP contribution >= 0.6 is 0 Å². The summed E-state index contributed by atoms with van der Waals surface area (Å²) in [7, 11) is 0. The number of fused-ring (bicyclic) bond motifs is 5. The van der Waals surface area contributed by atoms with E-state index in [0.717, 1.165) is 35.3 Å². The Balaban J connectivity index is 1.51. The number of aromatic nitrogens is 2. The first-order chi connectivity index (χ1) is 8.81. The van der Waals surface area contributed by atoms with E-state index >= 15 is 0 Å². The zero-order valence-corrected chi connectivity index (χ0v) is 11.0. The molecule has 1 aromatic rings. The van der Waals surface area contributed by atoms with Gasteiger partial charge >= 0.3 is 0 Å². The minimum Gasteiger partial charge on any atom is -0.351 e. The van der Waals surface area contributed by atoms with E-state index in [1.165, 1.54) is 32.1 Å². The molecule has 3 aliphatic rings. The van der Waals surface area contributed by atoms with Crippen LogP contribution in [0.25, 0.3) is 0 Å². The summed E-state index contributed by atoms with van der Waals surface area (Å²) in [5.41, 5.74) is 1.05. The van der Waals surface area contributed by atoms with Crippen LogP contribution in [0, 0.1) is 30.6 Å². The maximum absolute atomic E-state index is 4.48. The van der Waals surface area contributed by atoms with E-state index in [9.17, 15) is 0 Å². The zero-order chi connectivity index (χ0) is 12.1. The maximum Gasteiger partial charge on any atom is 0.223 e. The second kappa shape index (κ2) is 3.94. The summed E-state index contributed by atoms with van der Waals surface area (Å²) in [6.45, 7) is 2.03. The molecule has 3 fully saturated rings. The first kappa shape index (κ1) is 10.8. The molecule has 1 N–H and O–H groups in total. The van der Waals surface area contributed by atoms with Crippen LogP contribution in [0.1, 0.15) is 37.8 Å². The molecule has 5 atom stereocenters. The lowest BCUT2D eigenvalue weighted by Crippen LogP contribution is -2.34. The molecule has 96 valence electrons. The fourth-order valence-electron chi connectivity index (χ4n) is 4.92. The highest BCUT2D eigenvalue weighted by molar-refractivity contribution is 5.29. The van der Waals surface area contributed by atoms with Gasteiger partial charge < -0.3 is 5.32 Å². The second-order valence-electron chi connectivity index (χ2n) is 6.43. The molecule has 3 aliphatic carbocycles. The molecule has 1 aromatic heterocycles. The van der Waals surface area contributed by atoms with E-state index in [2.05, 4.69) is 15.3 Å². The first-order valence-electron chi connectivity index (χ1n) is 7.37. The molecule has 1 heterocycles. The van der Waals surface area contributed by atoms with Crippen LogP contribution in [-0.2, 0) is 0 Å². The van der Waals surface area contributed by atoms with Gasteiger partial charge in [0, 0.05) is 17.9 Å². The average molecular weight is 243 g/mol. The van der Waals surface area contributed by atoms with Crippen molar-refractivity contribution in [2.45, 2.75) is 45.1 Å². The molecule has 0 aliphatic heterocycles. The van der Waals surface area contributed by atoms with Gasteiger partial charge in [0.15, 0.2) is 0 Å². The van der Waals surface area contributed by atoms with Crippen LogP contribution in [-0.4, -0.2) is 16.0 Å². The third kappa shape index (κ3) is 1.56. The number of aryl methyl sites for hydroxylation is 1. The molecule has 0 amide bonds. The minimum absolute atomic E-state index is 0.635. The van der Waals surface area contributed by atoms with Crippen molar-refractivity contribution >= 4 is 5.95 Å². The predicted octanol–water partition coefficient (Wildman–Crippen LogP) is 3.02. The Bertz CT molecular complexity index is 459. The van der Waals surface area contributed by atoms with Gasteiger partial charge in [-0.15, -0.1) is 0 Å². The Morgan fingerprint density at radius 2 is 2.06 bits per heavy atom. The van der Waals surface area contributed by atoms with E-state index in [-0.39, 0.29) is 0 Å². The lowest BCUT2D eigenvalue weighted by molar-refractivity contribution is 0.243. The Kier molecular flexibility index (Phi) is 2.36. The summed E-state index contributed by atoms with van der Waals surface area (Å²) < 4.78 is 0. The average Bonchev–Trinajstić information content (AvgIpc) is 2.99. The second-order valence-corrected chi connectivity index (χ2v) is 6.43. The summed E-state index contributed by atoms with van der Waals surface area (Å²) >= 11 is 0. The highest BCUT2D eigenvalue weighted by atomic mass is 15.1. The fraction of sp³-hybridized carbons (Fsp3) is 0.733. The molecule has 3 heteroatoms. The van der Waals surface area contributed by atoms with Gasteiger partial charge in [-0.3, -0.25) is 0 Å². The summed E-state index contributed by atoms with van der Waals surface area (Å²) in [6, 6.07) is 2.59. The largest absolute Gasteiger partial charge is 0.351 e. The Labute approximate surface area is 108 Å². The monoisotopic (exact) mass is 243 g/mol. The van der Waals surface area contributed by atoms with Gasteiger partial charge in [-0.1, -0.05) is 6.42 Å². The molecule has 0 saturated heterocycles. The van der Waals surface area contributed by atoms with Crippen LogP contribution in [0.4, 0.5) is 5.95 Å². The van der Waals surface area contributed by atoms with Crippen LogP contribution < -0.4 is 5.32 Å². The van der Waals surface area contributed by atoms with E-state index in [0.29, 0.717) is 6.04 Å². The quantitative estimate of drug-likeness (QED) is 0.867. The van der Waals surface area contributed by atoms with E-state index in [1.54, 1.807) is 0 Å². The maximum atomic E-state index is 4.48. The first-order valence-corrected chi connectivity index (χ1v) is 7.37. The zero-order valence-electron chi connectivity index (χ0n) is 11.0. The van der Waals surface area contributed by atoms with Crippen LogP contribution in [0.5, 0.6) is 0 Å². The molecule has 3 saturated carbocycles. The van der Waals surface area contributed by atoms with Gasteiger partial charge in [-0.25, -0.2) is 9.97 Å². The number of nitrogens with one attached hydrogen (secondary N) is 1. The summed E-state index contributed by atoms with van der Waals surface area (Å²) in [4.78, 5) is 8.83. The molecule has 0 spiro atoms. The number of rotatable bonds is 2. The van der Waals surface area contributed by atoms with Crippen LogP contribution in [0.2, 0.25) is 0 Å². The number of hydrogen-bond donors (Lipinski definition) is 1. The number of anilines is 1. The van der Waals surface area contributed by atoms with Crippen molar-refractivity contribution in [3.05, 3.63) is 18.0 Å². The Morgan fingerprint density at radius 1 is 1.17 bits per heavy atom. The third-order valence-electron chi connectivity index (χ3n) is 5.54. The summed E-state index contributed by atoms with van der Waals surface area (Å²) in [6.07, 6.45) is 9.10. The normalized spacial score (nSPS) is 41.1. The van der Waals surface area contributed by atoms with Crippen molar-refractivity contribution in [2.75, 3.05) is 5.32 Å². The third-order valence-corrected chi connectivity index (χ3v) is 5.54. The fourth-order valence-corrected chi connectivity index (χ4v) is 4.92. The molecule has 0 aromatic carbocycles. The molecular formula is C15H21N3. The smallest absolute Gasteiger partial charge is 0.223 e. The lowest BCUT2D eigenvalue weighted by Gasteiger charge is -2.32.